The molecule has 0 unspecified atom stereocenters. The second kappa shape index (κ2) is 6.83. The molecule has 5 nitrogen and oxygen atoms in total. The quantitative estimate of drug-likeness (QED) is 0.726. The molecule has 0 spiro atoms. The van der Waals surface area contributed by atoms with Crippen molar-refractivity contribution in [2.45, 2.75) is 18.9 Å². The fraction of sp³-hybridized carbons (Fsp3) is 0.333. The first kappa shape index (κ1) is 16.6. The summed E-state index contributed by atoms with van der Waals surface area (Å²) in [6.07, 6.45) is 3.85. The molecule has 0 aliphatic carbocycles. The maximum Gasteiger partial charge on any atom is 0.253 e. The van der Waals surface area contributed by atoms with Crippen LogP contribution in [0.1, 0.15) is 29.2 Å². The lowest BCUT2D eigenvalue weighted by Crippen LogP contribution is -2.39. The Morgan fingerprint density at radius 3 is 2.62 bits per heavy atom. The minimum absolute atomic E-state index is 0.127. The molecule has 3 aromatic rings. The van der Waals surface area contributed by atoms with Crippen LogP contribution in [0, 0.1) is 0 Å². The highest BCUT2D eigenvalue weighted by Crippen LogP contribution is 2.27. The fourth-order valence-electron chi connectivity index (χ4n) is 3.72. The molecule has 0 saturated carbocycles. The zero-order valence-corrected chi connectivity index (χ0v) is 15.3. The normalized spacial score (nSPS) is 15.4. The van der Waals surface area contributed by atoms with Crippen molar-refractivity contribution in [2.24, 2.45) is 0 Å². The first-order chi connectivity index (χ1) is 12.6. The summed E-state index contributed by atoms with van der Waals surface area (Å²) in [5.74, 6) is 0.127. The number of piperidine rings is 1. The molecule has 2 heterocycles. The lowest BCUT2D eigenvalue weighted by molar-refractivity contribution is 0.0696. The van der Waals surface area contributed by atoms with Crippen molar-refractivity contribution in [3.63, 3.8) is 0 Å². The van der Waals surface area contributed by atoms with E-state index in [0.29, 0.717) is 6.04 Å². The molecule has 1 saturated heterocycles. The SMILES string of the molecule is CN(C)c1cccc(C(=O)N2CCC(n3cnc4ccccc43)CC2)c1. The van der Waals surface area contributed by atoms with Gasteiger partial charge in [-0.1, -0.05) is 18.2 Å². The number of anilines is 1. The van der Waals surface area contributed by atoms with Crippen molar-refractivity contribution in [1.82, 2.24) is 14.5 Å². The van der Waals surface area contributed by atoms with E-state index in [-0.39, 0.29) is 5.91 Å². The molecule has 1 fully saturated rings. The van der Waals surface area contributed by atoms with Gasteiger partial charge in [-0.15, -0.1) is 0 Å². The summed E-state index contributed by atoms with van der Waals surface area (Å²) in [7, 11) is 3.98. The van der Waals surface area contributed by atoms with Crippen LogP contribution in [0.25, 0.3) is 11.0 Å². The van der Waals surface area contributed by atoms with Crippen molar-refractivity contribution < 1.29 is 4.79 Å². The van der Waals surface area contributed by atoms with Gasteiger partial charge in [0.25, 0.3) is 5.91 Å². The van der Waals surface area contributed by atoms with Crippen LogP contribution in [0.5, 0.6) is 0 Å². The average molecular weight is 348 g/mol. The van der Waals surface area contributed by atoms with Crippen LogP contribution in [0.4, 0.5) is 5.69 Å². The maximum absolute atomic E-state index is 12.9. The number of nitrogens with zero attached hydrogens (tertiary/aromatic N) is 4. The van der Waals surface area contributed by atoms with Gasteiger partial charge in [-0.25, -0.2) is 4.98 Å². The van der Waals surface area contributed by atoms with Crippen LogP contribution in [0.3, 0.4) is 0 Å². The van der Waals surface area contributed by atoms with Gasteiger partial charge in [0.05, 0.1) is 17.4 Å². The average Bonchev–Trinajstić information content (AvgIpc) is 3.12. The molecule has 0 radical (unpaired) electrons. The monoisotopic (exact) mass is 348 g/mol. The van der Waals surface area contributed by atoms with Gasteiger partial charge in [0.2, 0.25) is 0 Å². The summed E-state index contributed by atoms with van der Waals surface area (Å²) in [5, 5.41) is 0. The van der Waals surface area contributed by atoms with Crippen LogP contribution >= 0.6 is 0 Å². The third-order valence-electron chi connectivity index (χ3n) is 5.24. The van der Waals surface area contributed by atoms with Gasteiger partial charge < -0.3 is 14.4 Å². The van der Waals surface area contributed by atoms with E-state index in [1.54, 1.807) is 0 Å². The number of amides is 1. The second-order valence-electron chi connectivity index (χ2n) is 7.11. The number of fused-ring (bicyclic) bond motifs is 1. The van der Waals surface area contributed by atoms with Gasteiger partial charge in [-0.2, -0.15) is 0 Å². The Hall–Kier alpha value is -2.82. The molecule has 26 heavy (non-hydrogen) atoms. The molecule has 4 rings (SSSR count). The lowest BCUT2D eigenvalue weighted by atomic mass is 10.0. The van der Waals surface area contributed by atoms with Gasteiger partial charge in [0.1, 0.15) is 0 Å². The van der Waals surface area contributed by atoms with Crippen molar-refractivity contribution in [2.75, 3.05) is 32.1 Å². The van der Waals surface area contributed by atoms with Crippen LogP contribution in [-0.4, -0.2) is 47.5 Å². The van der Waals surface area contributed by atoms with Crippen molar-refractivity contribution in [3.8, 4) is 0 Å². The summed E-state index contributed by atoms with van der Waals surface area (Å²) in [5.41, 5.74) is 4.03. The first-order valence-corrected chi connectivity index (χ1v) is 9.12. The van der Waals surface area contributed by atoms with E-state index in [2.05, 4.69) is 21.7 Å². The molecule has 2 aromatic carbocycles. The Bertz CT molecular complexity index is 922. The standard InChI is InChI=1S/C21H24N4O/c1-23(2)18-7-5-6-16(14-18)21(26)24-12-10-17(11-13-24)25-15-22-19-8-3-4-9-20(19)25/h3-9,14-15,17H,10-13H2,1-2H3. The Labute approximate surface area is 153 Å². The van der Waals surface area contributed by atoms with E-state index in [0.717, 1.165) is 42.7 Å². The molecular formula is C21H24N4O. The molecular weight excluding hydrogens is 324 g/mol. The second-order valence-corrected chi connectivity index (χ2v) is 7.11. The number of carbonyl (C=O) groups excluding carboxylic acids is 1. The number of rotatable bonds is 3. The van der Waals surface area contributed by atoms with E-state index < -0.39 is 0 Å². The number of benzene rings is 2. The van der Waals surface area contributed by atoms with E-state index in [9.17, 15) is 4.79 Å². The summed E-state index contributed by atoms with van der Waals surface area (Å²) < 4.78 is 2.27. The number of para-hydroxylation sites is 2. The van der Waals surface area contributed by atoms with E-state index in [1.807, 2.05) is 66.6 Å². The molecule has 0 N–H and O–H groups in total. The van der Waals surface area contributed by atoms with Crippen LogP contribution in [0.2, 0.25) is 0 Å². The molecule has 0 atom stereocenters. The lowest BCUT2D eigenvalue weighted by Gasteiger charge is -2.33. The zero-order chi connectivity index (χ0) is 18.1. The first-order valence-electron chi connectivity index (χ1n) is 9.12. The molecule has 1 amide bonds. The van der Waals surface area contributed by atoms with Crippen LogP contribution < -0.4 is 4.90 Å². The largest absolute Gasteiger partial charge is 0.378 e. The number of carbonyl (C=O) groups is 1. The number of imidazole rings is 1. The molecule has 5 heteroatoms. The predicted molar refractivity (Wildman–Crippen MR) is 105 cm³/mol. The number of hydrogen-bond donors (Lipinski definition) is 0. The van der Waals surface area contributed by atoms with Crippen LogP contribution in [0.15, 0.2) is 54.9 Å². The summed E-state index contributed by atoms with van der Waals surface area (Å²) in [6, 6.07) is 16.5. The highest BCUT2D eigenvalue weighted by Gasteiger charge is 2.25. The van der Waals surface area contributed by atoms with Crippen molar-refractivity contribution in [3.05, 3.63) is 60.4 Å². The Morgan fingerprint density at radius 1 is 1.08 bits per heavy atom. The maximum atomic E-state index is 12.9. The fourth-order valence-corrected chi connectivity index (χ4v) is 3.72. The highest BCUT2D eigenvalue weighted by molar-refractivity contribution is 5.95. The minimum Gasteiger partial charge on any atom is -0.378 e. The molecule has 1 aromatic heterocycles. The van der Waals surface area contributed by atoms with E-state index in [4.69, 9.17) is 0 Å². The van der Waals surface area contributed by atoms with E-state index in [1.165, 1.54) is 5.52 Å². The Morgan fingerprint density at radius 2 is 1.85 bits per heavy atom. The number of hydrogen-bond acceptors (Lipinski definition) is 3. The molecule has 0 bridgehead atoms. The Balaban J connectivity index is 1.46. The van der Waals surface area contributed by atoms with Crippen molar-refractivity contribution >= 4 is 22.6 Å². The van der Waals surface area contributed by atoms with E-state index >= 15 is 0 Å². The predicted octanol–water partition coefficient (Wildman–Crippen LogP) is 3.58. The zero-order valence-electron chi connectivity index (χ0n) is 15.3. The topological polar surface area (TPSA) is 41.4 Å². The van der Waals surface area contributed by atoms with Crippen LogP contribution in [-0.2, 0) is 0 Å². The van der Waals surface area contributed by atoms with Gasteiger partial charge in [0.15, 0.2) is 0 Å². The number of aromatic nitrogens is 2. The highest BCUT2D eigenvalue weighted by atomic mass is 16.2. The molecule has 1 aliphatic heterocycles. The third kappa shape index (κ3) is 3.05. The van der Waals surface area contributed by atoms with Gasteiger partial charge in [-0.05, 0) is 43.2 Å². The minimum atomic E-state index is 0.127. The smallest absolute Gasteiger partial charge is 0.253 e. The van der Waals surface area contributed by atoms with Gasteiger partial charge in [0, 0.05) is 44.5 Å². The van der Waals surface area contributed by atoms with Crippen molar-refractivity contribution in [1.29, 1.82) is 0 Å². The summed E-state index contributed by atoms with van der Waals surface area (Å²) >= 11 is 0. The van der Waals surface area contributed by atoms with Gasteiger partial charge >= 0.3 is 0 Å². The third-order valence-corrected chi connectivity index (χ3v) is 5.24. The number of likely N-dealkylation sites (tertiary alicyclic amines) is 1. The summed E-state index contributed by atoms with van der Waals surface area (Å²) in [6.45, 7) is 1.56. The summed E-state index contributed by atoms with van der Waals surface area (Å²) in [4.78, 5) is 21.4. The molecule has 1 aliphatic rings. The Kier molecular flexibility index (Phi) is 4.37. The molecule has 134 valence electrons. The van der Waals surface area contributed by atoms with Gasteiger partial charge in [-0.3, -0.25) is 4.79 Å².